The molecule has 0 saturated carbocycles. The van der Waals surface area contributed by atoms with Gasteiger partial charge in [0.05, 0.1) is 0 Å². The summed E-state index contributed by atoms with van der Waals surface area (Å²) in [6, 6.07) is 0.144. The molecule has 2 unspecified atom stereocenters. The summed E-state index contributed by atoms with van der Waals surface area (Å²) in [5, 5.41) is 2.74. The number of carbonyl (C=O) groups is 2. The molecule has 5 heteroatoms. The number of piperidine rings is 1. The van der Waals surface area contributed by atoms with E-state index in [1.54, 1.807) is 0 Å². The number of amides is 2. The third-order valence-corrected chi connectivity index (χ3v) is 3.72. The van der Waals surface area contributed by atoms with E-state index in [1.807, 2.05) is 18.7 Å². The Morgan fingerprint density at radius 2 is 2.16 bits per heavy atom. The van der Waals surface area contributed by atoms with E-state index in [0.29, 0.717) is 31.7 Å². The van der Waals surface area contributed by atoms with Gasteiger partial charge in [-0.3, -0.25) is 9.59 Å². The summed E-state index contributed by atoms with van der Waals surface area (Å²) in [5.41, 5.74) is 5.91. The van der Waals surface area contributed by atoms with E-state index < -0.39 is 0 Å². The van der Waals surface area contributed by atoms with Gasteiger partial charge in [0.2, 0.25) is 11.8 Å². The fourth-order valence-electron chi connectivity index (χ4n) is 2.51. The van der Waals surface area contributed by atoms with Gasteiger partial charge in [-0.25, -0.2) is 0 Å². The highest BCUT2D eigenvalue weighted by Crippen LogP contribution is 2.19. The normalized spacial score (nSPS) is 21.0. The minimum absolute atomic E-state index is 0.0300. The molecule has 5 nitrogen and oxygen atoms in total. The third kappa shape index (κ3) is 5.59. The second-order valence-electron chi connectivity index (χ2n) is 5.41. The first kappa shape index (κ1) is 16.0. The lowest BCUT2D eigenvalue weighted by Crippen LogP contribution is -2.45. The zero-order valence-corrected chi connectivity index (χ0v) is 12.2. The lowest BCUT2D eigenvalue weighted by molar-refractivity contribution is -0.133. The Labute approximate surface area is 115 Å². The molecule has 0 bridgehead atoms. The van der Waals surface area contributed by atoms with Gasteiger partial charge in [-0.15, -0.1) is 0 Å². The fraction of sp³-hybridized carbons (Fsp3) is 0.857. The van der Waals surface area contributed by atoms with Gasteiger partial charge in [0.25, 0.3) is 0 Å². The van der Waals surface area contributed by atoms with Gasteiger partial charge in [-0.2, -0.15) is 0 Å². The predicted octanol–water partition coefficient (Wildman–Crippen LogP) is 0.879. The number of likely N-dealkylation sites (tertiary alicyclic amines) is 1. The van der Waals surface area contributed by atoms with Gasteiger partial charge in [0.1, 0.15) is 0 Å². The van der Waals surface area contributed by atoms with Gasteiger partial charge in [-0.05, 0) is 39.0 Å². The predicted molar refractivity (Wildman–Crippen MR) is 75.5 cm³/mol. The average Bonchev–Trinajstić information content (AvgIpc) is 2.39. The Morgan fingerprint density at radius 3 is 2.79 bits per heavy atom. The van der Waals surface area contributed by atoms with Crippen LogP contribution in [-0.2, 0) is 9.59 Å². The highest BCUT2D eigenvalue weighted by molar-refractivity contribution is 5.79. The quantitative estimate of drug-likeness (QED) is 0.751. The molecule has 1 saturated heterocycles. The molecule has 0 aromatic carbocycles. The summed E-state index contributed by atoms with van der Waals surface area (Å²) < 4.78 is 0. The molecule has 1 fully saturated rings. The number of rotatable bonds is 6. The van der Waals surface area contributed by atoms with E-state index in [0.717, 1.165) is 25.9 Å². The molecular weight excluding hydrogens is 242 g/mol. The Hall–Kier alpha value is -1.10. The number of hydrogen-bond donors (Lipinski definition) is 2. The number of hydrogen-bond acceptors (Lipinski definition) is 3. The van der Waals surface area contributed by atoms with Gasteiger partial charge >= 0.3 is 0 Å². The van der Waals surface area contributed by atoms with Crippen molar-refractivity contribution in [2.45, 2.75) is 52.0 Å². The number of carbonyl (C=O) groups excluding carboxylic acids is 2. The van der Waals surface area contributed by atoms with Crippen molar-refractivity contribution in [2.24, 2.45) is 11.7 Å². The lowest BCUT2D eigenvalue weighted by Gasteiger charge is -2.34. The SMILES string of the molecule is CCNC(=O)CCCC(=O)N1CCCC(C(C)N)C1. The Morgan fingerprint density at radius 1 is 1.42 bits per heavy atom. The third-order valence-electron chi connectivity index (χ3n) is 3.72. The minimum atomic E-state index is 0.0300. The molecule has 1 heterocycles. The minimum Gasteiger partial charge on any atom is -0.356 e. The van der Waals surface area contributed by atoms with Crippen LogP contribution < -0.4 is 11.1 Å². The molecule has 1 rings (SSSR count). The zero-order chi connectivity index (χ0) is 14.3. The topological polar surface area (TPSA) is 75.4 Å². The van der Waals surface area contributed by atoms with Crippen LogP contribution in [0.5, 0.6) is 0 Å². The Bertz CT molecular complexity index is 305. The molecule has 1 aliphatic heterocycles. The summed E-state index contributed by atoms with van der Waals surface area (Å²) in [5.74, 6) is 0.609. The molecule has 0 aromatic heterocycles. The van der Waals surface area contributed by atoms with Crippen LogP contribution in [0.15, 0.2) is 0 Å². The van der Waals surface area contributed by atoms with Crippen molar-refractivity contribution in [3.8, 4) is 0 Å². The Kier molecular flexibility index (Phi) is 6.84. The fourth-order valence-corrected chi connectivity index (χ4v) is 2.51. The monoisotopic (exact) mass is 269 g/mol. The van der Waals surface area contributed by atoms with E-state index in [4.69, 9.17) is 5.73 Å². The van der Waals surface area contributed by atoms with Crippen LogP contribution in [0.25, 0.3) is 0 Å². The van der Waals surface area contributed by atoms with Crippen LogP contribution in [0, 0.1) is 5.92 Å². The van der Waals surface area contributed by atoms with Crippen LogP contribution in [0.4, 0.5) is 0 Å². The second-order valence-corrected chi connectivity index (χ2v) is 5.41. The van der Waals surface area contributed by atoms with Crippen molar-refractivity contribution >= 4 is 11.8 Å². The van der Waals surface area contributed by atoms with Crippen molar-refractivity contribution in [2.75, 3.05) is 19.6 Å². The molecule has 0 spiro atoms. The lowest BCUT2D eigenvalue weighted by atomic mass is 9.92. The number of nitrogens with two attached hydrogens (primary N) is 1. The maximum Gasteiger partial charge on any atom is 0.222 e. The molecular formula is C14H27N3O2. The zero-order valence-electron chi connectivity index (χ0n) is 12.2. The first-order valence-corrected chi connectivity index (χ1v) is 7.34. The molecule has 110 valence electrons. The summed E-state index contributed by atoms with van der Waals surface area (Å²) in [6.45, 7) is 6.16. The number of nitrogens with one attached hydrogen (secondary N) is 1. The van der Waals surface area contributed by atoms with Crippen molar-refractivity contribution < 1.29 is 9.59 Å². The molecule has 0 radical (unpaired) electrons. The Balaban J connectivity index is 2.27. The molecule has 0 aliphatic carbocycles. The van der Waals surface area contributed by atoms with E-state index in [-0.39, 0.29) is 17.9 Å². The van der Waals surface area contributed by atoms with Crippen LogP contribution in [0.3, 0.4) is 0 Å². The molecule has 1 aliphatic rings. The summed E-state index contributed by atoms with van der Waals surface area (Å²) in [4.78, 5) is 25.3. The van der Waals surface area contributed by atoms with Crippen LogP contribution in [-0.4, -0.2) is 42.4 Å². The summed E-state index contributed by atoms with van der Waals surface area (Å²) >= 11 is 0. The average molecular weight is 269 g/mol. The van der Waals surface area contributed by atoms with Gasteiger partial charge in [0.15, 0.2) is 0 Å². The first-order chi connectivity index (χ1) is 9.04. The smallest absolute Gasteiger partial charge is 0.222 e. The van der Waals surface area contributed by atoms with Gasteiger partial charge in [0, 0.05) is 38.5 Å². The number of nitrogens with zero attached hydrogens (tertiary/aromatic N) is 1. The van der Waals surface area contributed by atoms with E-state index in [1.165, 1.54) is 0 Å². The standard InChI is InChI=1S/C14H27N3O2/c1-3-16-13(18)7-4-8-14(19)17-9-5-6-12(10-17)11(2)15/h11-12H,3-10,15H2,1-2H3,(H,16,18). The van der Waals surface area contributed by atoms with Gasteiger partial charge < -0.3 is 16.0 Å². The summed E-state index contributed by atoms with van der Waals surface area (Å²) in [6.07, 6.45) is 3.67. The van der Waals surface area contributed by atoms with Crippen molar-refractivity contribution in [3.63, 3.8) is 0 Å². The first-order valence-electron chi connectivity index (χ1n) is 7.34. The highest BCUT2D eigenvalue weighted by Gasteiger charge is 2.25. The molecule has 19 heavy (non-hydrogen) atoms. The van der Waals surface area contributed by atoms with E-state index in [2.05, 4.69) is 5.32 Å². The van der Waals surface area contributed by atoms with Crippen LogP contribution >= 0.6 is 0 Å². The maximum absolute atomic E-state index is 12.1. The second kappa shape index (κ2) is 8.15. The van der Waals surface area contributed by atoms with Crippen molar-refractivity contribution in [3.05, 3.63) is 0 Å². The van der Waals surface area contributed by atoms with Gasteiger partial charge in [-0.1, -0.05) is 0 Å². The highest BCUT2D eigenvalue weighted by atomic mass is 16.2. The molecule has 0 aromatic rings. The van der Waals surface area contributed by atoms with Crippen LogP contribution in [0.2, 0.25) is 0 Å². The maximum atomic E-state index is 12.1. The van der Waals surface area contributed by atoms with Crippen molar-refractivity contribution in [1.82, 2.24) is 10.2 Å². The van der Waals surface area contributed by atoms with Crippen LogP contribution in [0.1, 0.15) is 46.0 Å². The van der Waals surface area contributed by atoms with Crippen molar-refractivity contribution in [1.29, 1.82) is 0 Å². The summed E-state index contributed by atoms with van der Waals surface area (Å²) in [7, 11) is 0. The molecule has 2 amide bonds. The molecule has 2 atom stereocenters. The largest absolute Gasteiger partial charge is 0.356 e. The van der Waals surface area contributed by atoms with E-state index in [9.17, 15) is 9.59 Å². The molecule has 3 N–H and O–H groups in total. The van der Waals surface area contributed by atoms with E-state index >= 15 is 0 Å².